The van der Waals surface area contributed by atoms with E-state index in [4.69, 9.17) is 14.2 Å². The number of Topliss-reactive ketones (excluding diaryl/α,β-unsaturated/α-hetero) is 1. The molecule has 6 spiro atoms. The van der Waals surface area contributed by atoms with Gasteiger partial charge in [0.1, 0.15) is 5.78 Å². The quantitative estimate of drug-likeness (QED) is 0.253. The molecule has 484 valence electrons. The van der Waals surface area contributed by atoms with Crippen LogP contribution in [0.3, 0.4) is 0 Å². The molecule has 3 unspecified atom stereocenters. The number of aliphatic imine (C=N–C) groups is 3. The molecule has 94 heavy (non-hydrogen) atoms. The van der Waals surface area contributed by atoms with Crippen LogP contribution >= 0.6 is 0 Å². The number of allylic oxidation sites excluding steroid dienone is 9. The lowest BCUT2D eigenvalue weighted by molar-refractivity contribution is -0.143. The average Bonchev–Trinajstić information content (AvgIpc) is 1.51. The molecule has 3 saturated carbocycles. The molecule has 9 nitrogen and oxygen atoms in total. The number of ether oxygens (including phenoxy) is 3. The number of nitrogens with zero attached hydrogens (tertiary/aromatic N) is 5. The van der Waals surface area contributed by atoms with Crippen molar-refractivity contribution in [1.82, 2.24) is 9.80 Å². The van der Waals surface area contributed by atoms with E-state index in [2.05, 4.69) is 183 Å². The number of hydrogen-bond acceptors (Lipinski definition) is 9. The fourth-order valence-corrected chi connectivity index (χ4v) is 23.8. The van der Waals surface area contributed by atoms with E-state index in [1.54, 1.807) is 11.1 Å². The predicted molar refractivity (Wildman–Crippen MR) is 377 cm³/mol. The molecule has 9 heteroatoms. The second kappa shape index (κ2) is 20.4. The fourth-order valence-electron chi connectivity index (χ4n) is 23.8. The lowest BCUT2D eigenvalue weighted by Gasteiger charge is -2.54. The number of carbonyl (C=O) groups excluding carboxylic acids is 1. The van der Waals surface area contributed by atoms with Crippen molar-refractivity contribution in [2.45, 2.75) is 221 Å². The minimum absolute atomic E-state index is 0.0183. The van der Waals surface area contributed by atoms with Crippen LogP contribution in [0.2, 0.25) is 0 Å². The largest absolute Gasteiger partial charge is 0.359 e. The van der Waals surface area contributed by atoms with Crippen molar-refractivity contribution < 1.29 is 19.0 Å². The summed E-state index contributed by atoms with van der Waals surface area (Å²) in [7, 11) is 8.95. The molecular formula is C85H95N5O4. The molecule has 18 aliphatic rings. The molecule has 9 aliphatic heterocycles. The summed E-state index contributed by atoms with van der Waals surface area (Å²) < 4.78 is 21.8. The molecule has 0 N–H and O–H groups in total. The normalized spacial score (nSPS) is 40.7. The Kier molecular flexibility index (Phi) is 12.9. The smallest absolute Gasteiger partial charge is 0.136 e. The number of hydrogen-bond donors (Lipinski definition) is 0. The summed E-state index contributed by atoms with van der Waals surface area (Å²) in [5.74, 6) is 1.88. The second-order valence-electron chi connectivity index (χ2n) is 33.6. The van der Waals surface area contributed by atoms with E-state index in [0.717, 1.165) is 90.3 Å². The summed E-state index contributed by atoms with van der Waals surface area (Å²) in [5.41, 5.74) is 25.1. The standard InChI is InChI=1S/2C29H34N2O.C27H27NO2/c2*1-27-11-10-23-15-22-6-7-24(31(2)3)16-28(22)12-13-29(23,32-28)26(27)9-8-25(27)19-4-5-20-17-30-18-21(20)14-19;1-25-9-8-21-13-20-4-5-22(29)14-26(20)10-11-27(21,30-26)24(25)7-6-23(25)17-2-3-18-15-28-16-19(18)12-17/h2*4-5,8,10,14-15,18,24,26H,6-7,9,11-13,16-17H2,1-3H3;2-3,6,8,12-13,16,24H,4-5,7,9-11,14-15H2,1H3/t24-,26+,27+,28+,29?;24-,26-,27-,28-,29?;24-,25-,26-,27?/m011/s1. The van der Waals surface area contributed by atoms with Crippen LogP contribution in [-0.4, -0.2) is 108 Å². The zero-order chi connectivity index (χ0) is 63.6. The Morgan fingerprint density at radius 3 is 1.18 bits per heavy atom. The number of benzene rings is 3. The first-order chi connectivity index (χ1) is 45.4. The summed E-state index contributed by atoms with van der Waals surface area (Å²) in [6.07, 6.45) is 51.6. The number of fused-ring (bicyclic) bond motifs is 6. The van der Waals surface area contributed by atoms with Crippen molar-refractivity contribution in [2.24, 2.45) is 49.0 Å². The van der Waals surface area contributed by atoms with Gasteiger partial charge in [0.25, 0.3) is 0 Å². The molecular weight excluding hydrogens is 1150 g/mol. The molecule has 9 heterocycles. The number of carbonyl (C=O) groups is 1. The summed E-state index contributed by atoms with van der Waals surface area (Å²) in [4.78, 5) is 30.6. The molecule has 3 aromatic rings. The van der Waals surface area contributed by atoms with Crippen molar-refractivity contribution in [3.05, 3.63) is 193 Å². The van der Waals surface area contributed by atoms with Gasteiger partial charge in [0.05, 0.1) is 53.2 Å². The summed E-state index contributed by atoms with van der Waals surface area (Å²) in [6.45, 7) is 9.95. The van der Waals surface area contributed by atoms with Crippen LogP contribution in [0.15, 0.2) is 158 Å². The third kappa shape index (κ3) is 8.17. The van der Waals surface area contributed by atoms with Crippen molar-refractivity contribution in [3.63, 3.8) is 0 Å². The van der Waals surface area contributed by atoms with Gasteiger partial charge < -0.3 is 24.0 Å². The summed E-state index contributed by atoms with van der Waals surface area (Å²) in [5, 5.41) is 0. The van der Waals surface area contributed by atoms with Crippen LogP contribution in [0, 0.1) is 34.0 Å². The molecule has 21 rings (SSSR count). The molecule has 3 aromatic carbocycles. The maximum absolute atomic E-state index is 12.3. The Bertz CT molecular complexity index is 4090. The minimum atomic E-state index is -0.308. The zero-order valence-electron chi connectivity index (χ0n) is 56.9. The van der Waals surface area contributed by atoms with Gasteiger partial charge in [-0.05, 0) is 269 Å². The van der Waals surface area contributed by atoms with E-state index >= 15 is 0 Å². The van der Waals surface area contributed by atoms with Crippen LogP contribution in [0.5, 0.6) is 0 Å². The molecule has 3 saturated heterocycles. The highest BCUT2D eigenvalue weighted by Gasteiger charge is 2.69. The van der Waals surface area contributed by atoms with E-state index in [1.807, 2.05) is 18.6 Å². The Morgan fingerprint density at radius 2 is 0.798 bits per heavy atom. The highest BCUT2D eigenvalue weighted by Crippen LogP contribution is 2.71. The van der Waals surface area contributed by atoms with Gasteiger partial charge in [-0.2, -0.15) is 0 Å². The van der Waals surface area contributed by atoms with Gasteiger partial charge in [-0.3, -0.25) is 19.8 Å². The SMILES string of the molecule is CN(C)[C@@H]1CCC2=CC3=CC[C@]4(C)C(c5ccc6c(c5)C=NC6)=CC[C@H]4C34CC[C@]2(C1)O4.CN(C)[C@H]1CCC2=CC3=CC[C@]4(C)C(c5ccc6c(c5)C=NC6)=CC[C@H]4C34CC[C@]2(C1)O4.C[C@]12CC=C3C=C4CCC(=O)C[C@]45CCC3(O5)[C@@H]1CC=C2c1ccc2c(c1)C=NC2. The lowest BCUT2D eigenvalue weighted by Crippen LogP contribution is -2.54. The van der Waals surface area contributed by atoms with Gasteiger partial charge in [-0.25, -0.2) is 0 Å². The van der Waals surface area contributed by atoms with Crippen LogP contribution in [-0.2, 0) is 38.6 Å². The maximum atomic E-state index is 12.3. The third-order valence-corrected chi connectivity index (χ3v) is 28.9. The highest BCUT2D eigenvalue weighted by molar-refractivity contribution is 5.90. The Balaban J connectivity index is 0.000000100. The van der Waals surface area contributed by atoms with Gasteiger partial charge in [0.15, 0.2) is 0 Å². The Morgan fingerprint density at radius 1 is 0.436 bits per heavy atom. The van der Waals surface area contributed by atoms with Gasteiger partial charge in [-0.1, -0.05) is 112 Å². The van der Waals surface area contributed by atoms with Gasteiger partial charge in [-0.15, -0.1) is 0 Å². The first-order valence-electron chi connectivity index (χ1n) is 36.6. The fraction of sp³-hybridized carbons (Fsp3) is 0.529. The van der Waals surface area contributed by atoms with E-state index in [-0.39, 0.29) is 49.9 Å². The number of ketones is 1. The topological polar surface area (TPSA) is 88.3 Å². The van der Waals surface area contributed by atoms with E-state index in [1.165, 1.54) is 140 Å². The maximum Gasteiger partial charge on any atom is 0.136 e. The van der Waals surface area contributed by atoms with E-state index < -0.39 is 0 Å². The summed E-state index contributed by atoms with van der Waals surface area (Å²) >= 11 is 0. The monoisotopic (exact) mass is 1250 g/mol. The van der Waals surface area contributed by atoms with Gasteiger partial charge >= 0.3 is 0 Å². The van der Waals surface area contributed by atoms with Gasteiger partial charge in [0, 0.05) is 77.6 Å². The Labute approximate surface area is 557 Å². The minimum Gasteiger partial charge on any atom is -0.359 e. The van der Waals surface area contributed by atoms with Crippen molar-refractivity contribution in [1.29, 1.82) is 0 Å². The van der Waals surface area contributed by atoms with Gasteiger partial charge in [0.2, 0.25) is 0 Å². The number of rotatable bonds is 5. The molecule has 0 amide bonds. The van der Waals surface area contributed by atoms with Crippen LogP contribution in [0.1, 0.15) is 206 Å². The summed E-state index contributed by atoms with van der Waals surface area (Å²) in [6, 6.07) is 22.1. The molecule has 9 aliphatic carbocycles. The highest BCUT2D eigenvalue weighted by atomic mass is 16.5. The Hall–Kier alpha value is -6.20. The van der Waals surface area contributed by atoms with Crippen LogP contribution in [0.25, 0.3) is 16.7 Å². The van der Waals surface area contributed by atoms with Crippen molar-refractivity contribution >= 4 is 41.1 Å². The average molecular weight is 1250 g/mol. The molecule has 0 radical (unpaired) electrons. The first kappa shape index (κ1) is 59.1. The lowest BCUT2D eigenvalue weighted by atomic mass is 9.58. The second-order valence-corrected chi connectivity index (χ2v) is 33.6. The molecule has 0 aromatic heterocycles. The van der Waals surface area contributed by atoms with E-state index in [0.29, 0.717) is 48.5 Å². The van der Waals surface area contributed by atoms with Crippen molar-refractivity contribution in [2.75, 3.05) is 28.2 Å². The molecule has 14 atom stereocenters. The molecule has 6 fully saturated rings. The predicted octanol–water partition coefficient (Wildman–Crippen LogP) is 16.7. The first-order valence-corrected chi connectivity index (χ1v) is 36.6. The van der Waals surface area contributed by atoms with Crippen LogP contribution in [0.4, 0.5) is 0 Å². The molecule has 6 bridgehead atoms. The third-order valence-electron chi connectivity index (χ3n) is 28.9. The van der Waals surface area contributed by atoms with Crippen molar-refractivity contribution in [3.8, 4) is 0 Å². The van der Waals surface area contributed by atoms with Crippen LogP contribution < -0.4 is 0 Å². The van der Waals surface area contributed by atoms with E-state index in [9.17, 15) is 4.79 Å². The zero-order valence-corrected chi connectivity index (χ0v) is 56.9.